The number of nitrogens with one attached hydrogen (secondary N) is 2. The number of nitrogens with zero attached hydrogens (tertiary/aromatic N) is 3. The number of hydrogen-bond acceptors (Lipinski definition) is 8. The molecule has 12 heteroatoms. The van der Waals surface area contributed by atoms with E-state index in [1.807, 2.05) is 25.7 Å². The Balaban J connectivity index is 1.14. The molecule has 0 radical (unpaired) electrons. The Morgan fingerprint density at radius 3 is 2.22 bits per heavy atom. The van der Waals surface area contributed by atoms with Crippen LogP contribution in [0.2, 0.25) is 0 Å². The average Bonchev–Trinajstić information content (AvgIpc) is 3.13. The quantitative estimate of drug-likeness (QED) is 0.516. The molecule has 41 heavy (non-hydrogen) atoms. The number of halogens is 1. The van der Waals surface area contributed by atoms with Crippen molar-refractivity contribution >= 4 is 35.4 Å². The number of hydrogen-bond donors (Lipinski definition) is 2. The van der Waals surface area contributed by atoms with Crippen LogP contribution in [0.3, 0.4) is 0 Å². The summed E-state index contributed by atoms with van der Waals surface area (Å²) in [6, 6.07) is 1.55. The van der Waals surface area contributed by atoms with E-state index in [1.54, 1.807) is 0 Å². The van der Waals surface area contributed by atoms with Crippen molar-refractivity contribution in [3.8, 4) is 0 Å². The average molecular weight is 572 g/mol. The highest BCUT2D eigenvalue weighted by Crippen LogP contribution is 2.33. The van der Waals surface area contributed by atoms with E-state index in [0.29, 0.717) is 19.0 Å². The minimum atomic E-state index is -1.08. The molecule has 222 valence electrons. The van der Waals surface area contributed by atoms with Gasteiger partial charge in [0.1, 0.15) is 17.5 Å². The first-order valence-corrected chi connectivity index (χ1v) is 14.4. The summed E-state index contributed by atoms with van der Waals surface area (Å²) in [5.74, 6) is -2.56. The number of alkyl carbamates (subject to hydrolysis) is 1. The number of ether oxygens (including phenoxy) is 1. The standard InChI is InChI=1S/C29H38FN5O6/c1-29(2,3)41-28(40)31-18-6-4-17(5-7-18)16-33-10-12-34(13-11-33)23-15-20-19(14-21(23)30)26(38)35(27(20)39)22-8-9-24(36)32-25(22)37/h14-15,17-18,22H,4-13,16H2,1-3H3,(H,31,40)(H,32,36,37). The third-order valence-electron chi connectivity index (χ3n) is 8.30. The topological polar surface area (TPSA) is 128 Å². The molecule has 3 heterocycles. The van der Waals surface area contributed by atoms with Crippen LogP contribution in [0, 0.1) is 11.7 Å². The zero-order valence-electron chi connectivity index (χ0n) is 23.8. The third kappa shape index (κ3) is 6.37. The van der Waals surface area contributed by atoms with E-state index in [9.17, 15) is 24.0 Å². The first-order valence-electron chi connectivity index (χ1n) is 14.4. The summed E-state index contributed by atoms with van der Waals surface area (Å²) in [6.45, 7) is 9.10. The van der Waals surface area contributed by atoms with Gasteiger partial charge in [-0.05, 0) is 70.9 Å². The molecule has 5 rings (SSSR count). The van der Waals surface area contributed by atoms with Crippen molar-refractivity contribution in [2.24, 2.45) is 5.92 Å². The first kappa shape index (κ1) is 29.0. The molecule has 11 nitrogen and oxygen atoms in total. The monoisotopic (exact) mass is 571 g/mol. The predicted octanol–water partition coefficient (Wildman–Crippen LogP) is 2.43. The molecule has 1 aromatic carbocycles. The van der Waals surface area contributed by atoms with Gasteiger partial charge in [0, 0.05) is 45.2 Å². The Bertz CT molecular complexity index is 1250. The summed E-state index contributed by atoms with van der Waals surface area (Å²) in [7, 11) is 0. The number of fused-ring (bicyclic) bond motifs is 1. The molecular weight excluding hydrogens is 533 g/mol. The first-order chi connectivity index (χ1) is 19.4. The smallest absolute Gasteiger partial charge is 0.407 e. The highest BCUT2D eigenvalue weighted by Gasteiger charge is 2.45. The maximum absolute atomic E-state index is 15.2. The van der Waals surface area contributed by atoms with E-state index < -0.39 is 41.1 Å². The van der Waals surface area contributed by atoms with Gasteiger partial charge in [-0.1, -0.05) is 0 Å². The van der Waals surface area contributed by atoms with Crippen LogP contribution in [0.5, 0.6) is 0 Å². The Morgan fingerprint density at radius 2 is 1.61 bits per heavy atom. The molecule has 1 atom stereocenters. The number of piperidine rings is 1. The maximum Gasteiger partial charge on any atom is 0.407 e. The fourth-order valence-electron chi connectivity index (χ4n) is 6.22. The van der Waals surface area contributed by atoms with E-state index in [4.69, 9.17) is 4.74 Å². The molecule has 0 bridgehead atoms. The summed E-state index contributed by atoms with van der Waals surface area (Å²) < 4.78 is 20.6. The Morgan fingerprint density at radius 1 is 0.976 bits per heavy atom. The van der Waals surface area contributed by atoms with Gasteiger partial charge in [-0.15, -0.1) is 0 Å². The van der Waals surface area contributed by atoms with Crippen LogP contribution in [-0.2, 0) is 14.3 Å². The van der Waals surface area contributed by atoms with Crippen molar-refractivity contribution in [3.05, 3.63) is 29.1 Å². The fraction of sp³-hybridized carbons (Fsp3) is 0.621. The second-order valence-electron chi connectivity index (χ2n) is 12.4. The number of piperazine rings is 1. The summed E-state index contributed by atoms with van der Waals surface area (Å²) in [6.07, 6.45) is 3.55. The van der Waals surface area contributed by atoms with E-state index >= 15 is 4.39 Å². The fourth-order valence-corrected chi connectivity index (χ4v) is 6.22. The van der Waals surface area contributed by atoms with Gasteiger partial charge in [-0.25, -0.2) is 9.18 Å². The van der Waals surface area contributed by atoms with E-state index in [1.165, 1.54) is 6.07 Å². The van der Waals surface area contributed by atoms with Crippen LogP contribution in [0.15, 0.2) is 12.1 Å². The van der Waals surface area contributed by atoms with Crippen molar-refractivity contribution in [1.29, 1.82) is 0 Å². The van der Waals surface area contributed by atoms with Crippen molar-refractivity contribution in [2.45, 2.75) is 77.0 Å². The number of anilines is 1. The van der Waals surface area contributed by atoms with Gasteiger partial charge in [0.2, 0.25) is 11.8 Å². The number of carbonyl (C=O) groups excluding carboxylic acids is 5. The molecule has 1 saturated carbocycles. The SMILES string of the molecule is CC(C)(C)OC(=O)NC1CCC(CN2CCN(c3cc4c(cc3F)C(=O)N(C3CCC(=O)NC3=O)C4=O)CC2)CC1. The zero-order valence-corrected chi connectivity index (χ0v) is 23.8. The van der Waals surface area contributed by atoms with Crippen LogP contribution in [0.25, 0.3) is 0 Å². The number of imide groups is 2. The van der Waals surface area contributed by atoms with Gasteiger partial charge in [0.05, 0.1) is 16.8 Å². The largest absolute Gasteiger partial charge is 0.444 e. The van der Waals surface area contributed by atoms with Gasteiger partial charge in [-0.3, -0.25) is 34.3 Å². The lowest BCUT2D eigenvalue weighted by atomic mass is 9.85. The van der Waals surface area contributed by atoms with Crippen LogP contribution >= 0.6 is 0 Å². The number of rotatable bonds is 5. The van der Waals surface area contributed by atoms with Crippen LogP contribution in [0.4, 0.5) is 14.9 Å². The minimum absolute atomic E-state index is 0.0259. The number of benzene rings is 1. The molecular formula is C29H38FN5O6. The van der Waals surface area contributed by atoms with Crippen molar-refractivity contribution < 1.29 is 33.1 Å². The molecule has 5 amide bonds. The van der Waals surface area contributed by atoms with Crippen molar-refractivity contribution in [1.82, 2.24) is 20.4 Å². The van der Waals surface area contributed by atoms with E-state index in [0.717, 1.165) is 56.3 Å². The third-order valence-corrected chi connectivity index (χ3v) is 8.30. The minimum Gasteiger partial charge on any atom is -0.444 e. The zero-order chi connectivity index (χ0) is 29.5. The van der Waals surface area contributed by atoms with Crippen LogP contribution < -0.4 is 15.5 Å². The molecule has 2 N–H and O–H groups in total. The lowest BCUT2D eigenvalue weighted by Gasteiger charge is -2.39. The van der Waals surface area contributed by atoms with Gasteiger partial charge < -0.3 is 15.0 Å². The second kappa shape index (κ2) is 11.4. The Kier molecular flexibility index (Phi) is 8.04. The number of carbonyl (C=O) groups is 5. The molecule has 3 aliphatic heterocycles. The van der Waals surface area contributed by atoms with Gasteiger partial charge in [-0.2, -0.15) is 0 Å². The lowest BCUT2D eigenvalue weighted by Crippen LogP contribution is -2.54. The van der Waals surface area contributed by atoms with Gasteiger partial charge in [0.25, 0.3) is 11.8 Å². The van der Waals surface area contributed by atoms with Crippen molar-refractivity contribution in [2.75, 3.05) is 37.6 Å². The van der Waals surface area contributed by atoms with Gasteiger partial charge >= 0.3 is 6.09 Å². The molecule has 1 aliphatic carbocycles. The Labute approximate surface area is 238 Å². The summed E-state index contributed by atoms with van der Waals surface area (Å²) in [5, 5.41) is 5.15. The van der Waals surface area contributed by atoms with Crippen molar-refractivity contribution in [3.63, 3.8) is 0 Å². The molecule has 4 aliphatic rings. The normalized spacial score (nSPS) is 25.7. The van der Waals surface area contributed by atoms with Crippen LogP contribution in [-0.4, -0.2) is 89.9 Å². The lowest BCUT2D eigenvalue weighted by molar-refractivity contribution is -0.136. The second-order valence-corrected chi connectivity index (χ2v) is 12.4. The summed E-state index contributed by atoms with van der Waals surface area (Å²) >= 11 is 0. The maximum atomic E-state index is 15.2. The van der Waals surface area contributed by atoms with Crippen LogP contribution in [0.1, 0.15) is 80.0 Å². The molecule has 2 saturated heterocycles. The van der Waals surface area contributed by atoms with E-state index in [2.05, 4.69) is 15.5 Å². The molecule has 0 spiro atoms. The molecule has 3 fully saturated rings. The van der Waals surface area contributed by atoms with Gasteiger partial charge in [0.15, 0.2) is 0 Å². The highest BCUT2D eigenvalue weighted by atomic mass is 19.1. The molecule has 0 aromatic heterocycles. The van der Waals surface area contributed by atoms with E-state index in [-0.39, 0.29) is 41.8 Å². The summed E-state index contributed by atoms with van der Waals surface area (Å²) in [4.78, 5) is 67.1. The Hall–Kier alpha value is -3.54. The summed E-state index contributed by atoms with van der Waals surface area (Å²) in [5.41, 5.74) is -0.232. The highest BCUT2D eigenvalue weighted by molar-refractivity contribution is 6.23. The molecule has 1 aromatic rings. The molecule has 1 unspecified atom stereocenters. The predicted molar refractivity (Wildman–Crippen MR) is 147 cm³/mol. The number of amides is 5.